The Bertz CT molecular complexity index is 729. The number of para-hydroxylation sites is 1. The summed E-state index contributed by atoms with van der Waals surface area (Å²) in [6.07, 6.45) is 1.41. The lowest BCUT2D eigenvalue weighted by atomic mass is 10.2. The van der Waals surface area contributed by atoms with Crippen LogP contribution in [0.5, 0.6) is 0 Å². The molecule has 1 amide bonds. The van der Waals surface area contributed by atoms with Crippen LogP contribution >= 0.6 is 0 Å². The SMILES string of the molecule is Cc1cc2ccccc2n1CCNC(=O)c1cn[nH]n1. The van der Waals surface area contributed by atoms with E-state index < -0.39 is 0 Å². The molecule has 0 atom stereocenters. The first-order chi connectivity index (χ1) is 9.75. The third-order valence-electron chi connectivity index (χ3n) is 3.29. The Hall–Kier alpha value is -2.63. The van der Waals surface area contributed by atoms with Gasteiger partial charge in [-0.2, -0.15) is 15.4 Å². The molecule has 0 aliphatic carbocycles. The van der Waals surface area contributed by atoms with Crippen LogP contribution in [0.3, 0.4) is 0 Å². The topological polar surface area (TPSA) is 75.6 Å². The second-order valence-electron chi connectivity index (χ2n) is 4.61. The lowest BCUT2D eigenvalue weighted by molar-refractivity contribution is 0.0947. The molecule has 2 heterocycles. The fourth-order valence-corrected chi connectivity index (χ4v) is 2.33. The minimum Gasteiger partial charge on any atom is -0.349 e. The number of aromatic amines is 1. The number of amides is 1. The molecule has 2 aromatic heterocycles. The molecule has 3 rings (SSSR count). The fourth-order valence-electron chi connectivity index (χ4n) is 2.33. The van der Waals surface area contributed by atoms with E-state index in [9.17, 15) is 4.79 Å². The van der Waals surface area contributed by atoms with Crippen LogP contribution in [0.4, 0.5) is 0 Å². The van der Waals surface area contributed by atoms with Crippen molar-refractivity contribution in [2.45, 2.75) is 13.5 Å². The average Bonchev–Trinajstić information content (AvgIpc) is 3.07. The highest BCUT2D eigenvalue weighted by atomic mass is 16.1. The van der Waals surface area contributed by atoms with Crippen molar-refractivity contribution in [3.05, 3.63) is 47.9 Å². The van der Waals surface area contributed by atoms with Crippen LogP contribution in [0.1, 0.15) is 16.2 Å². The van der Waals surface area contributed by atoms with Crippen molar-refractivity contribution in [3.8, 4) is 0 Å². The highest BCUT2D eigenvalue weighted by molar-refractivity contribution is 5.91. The smallest absolute Gasteiger partial charge is 0.273 e. The summed E-state index contributed by atoms with van der Waals surface area (Å²) in [6.45, 7) is 3.34. The van der Waals surface area contributed by atoms with Gasteiger partial charge in [0.15, 0.2) is 5.69 Å². The zero-order valence-electron chi connectivity index (χ0n) is 11.1. The number of rotatable bonds is 4. The minimum absolute atomic E-state index is 0.215. The normalized spacial score (nSPS) is 10.8. The van der Waals surface area contributed by atoms with Crippen molar-refractivity contribution in [3.63, 3.8) is 0 Å². The zero-order valence-corrected chi connectivity index (χ0v) is 11.1. The molecule has 0 aliphatic rings. The van der Waals surface area contributed by atoms with Gasteiger partial charge in [-0.3, -0.25) is 4.79 Å². The highest BCUT2D eigenvalue weighted by Gasteiger charge is 2.08. The molecule has 102 valence electrons. The highest BCUT2D eigenvalue weighted by Crippen LogP contribution is 2.18. The molecule has 0 saturated heterocycles. The second kappa shape index (κ2) is 5.16. The molecule has 0 saturated carbocycles. The summed E-state index contributed by atoms with van der Waals surface area (Å²) in [4.78, 5) is 11.7. The van der Waals surface area contributed by atoms with Gasteiger partial charge in [0.05, 0.1) is 6.20 Å². The third kappa shape index (κ3) is 2.27. The Morgan fingerprint density at radius 1 is 1.40 bits per heavy atom. The van der Waals surface area contributed by atoms with Gasteiger partial charge in [-0.25, -0.2) is 0 Å². The Balaban J connectivity index is 1.68. The number of aromatic nitrogens is 4. The number of hydrogen-bond donors (Lipinski definition) is 2. The van der Waals surface area contributed by atoms with Crippen LogP contribution in [0, 0.1) is 6.92 Å². The number of nitrogens with one attached hydrogen (secondary N) is 2. The standard InChI is InChI=1S/C14H15N5O/c1-10-8-11-4-2-3-5-13(11)19(10)7-6-15-14(20)12-9-16-18-17-12/h2-5,8-9H,6-7H2,1H3,(H,15,20)(H,16,17,18). The van der Waals surface area contributed by atoms with Gasteiger partial charge >= 0.3 is 0 Å². The Kier molecular flexibility index (Phi) is 3.20. The van der Waals surface area contributed by atoms with Gasteiger partial charge in [-0.1, -0.05) is 18.2 Å². The molecule has 6 heteroatoms. The van der Waals surface area contributed by atoms with Crippen LogP contribution < -0.4 is 5.32 Å². The van der Waals surface area contributed by atoms with Gasteiger partial charge in [0, 0.05) is 24.3 Å². The van der Waals surface area contributed by atoms with E-state index in [0.717, 1.165) is 6.54 Å². The maximum Gasteiger partial charge on any atom is 0.273 e. The number of nitrogens with zero attached hydrogens (tertiary/aromatic N) is 3. The molecule has 0 spiro atoms. The average molecular weight is 269 g/mol. The van der Waals surface area contributed by atoms with E-state index in [4.69, 9.17) is 0 Å². The molecule has 0 fully saturated rings. The van der Waals surface area contributed by atoms with E-state index in [1.54, 1.807) is 0 Å². The fraction of sp³-hybridized carbons (Fsp3) is 0.214. The van der Waals surface area contributed by atoms with Crippen molar-refractivity contribution in [1.82, 2.24) is 25.3 Å². The number of carbonyl (C=O) groups is 1. The van der Waals surface area contributed by atoms with Crippen LogP contribution in [0.15, 0.2) is 36.5 Å². The van der Waals surface area contributed by atoms with Gasteiger partial charge in [0.25, 0.3) is 5.91 Å². The molecular formula is C14H15N5O. The molecule has 2 N–H and O–H groups in total. The van der Waals surface area contributed by atoms with Gasteiger partial charge in [-0.05, 0) is 24.4 Å². The van der Waals surface area contributed by atoms with E-state index in [-0.39, 0.29) is 5.91 Å². The minimum atomic E-state index is -0.215. The number of carbonyl (C=O) groups excluding carboxylic acids is 1. The molecule has 0 radical (unpaired) electrons. The number of H-pyrrole nitrogens is 1. The molecule has 1 aromatic carbocycles. The molecule has 6 nitrogen and oxygen atoms in total. The van der Waals surface area contributed by atoms with Crippen molar-refractivity contribution in [2.75, 3.05) is 6.54 Å². The lowest BCUT2D eigenvalue weighted by Crippen LogP contribution is -2.27. The van der Waals surface area contributed by atoms with Crippen molar-refractivity contribution in [2.24, 2.45) is 0 Å². The van der Waals surface area contributed by atoms with E-state index in [0.29, 0.717) is 12.2 Å². The number of aryl methyl sites for hydroxylation is 1. The van der Waals surface area contributed by atoms with E-state index in [1.165, 1.54) is 22.8 Å². The lowest BCUT2D eigenvalue weighted by Gasteiger charge is -2.08. The molecule has 0 bridgehead atoms. The van der Waals surface area contributed by atoms with E-state index in [2.05, 4.69) is 50.4 Å². The summed E-state index contributed by atoms with van der Waals surface area (Å²) in [5, 5.41) is 13.8. The van der Waals surface area contributed by atoms with Crippen LogP contribution in [0.2, 0.25) is 0 Å². The van der Waals surface area contributed by atoms with Gasteiger partial charge in [0.2, 0.25) is 0 Å². The van der Waals surface area contributed by atoms with Gasteiger partial charge in [-0.15, -0.1) is 0 Å². The first-order valence-electron chi connectivity index (χ1n) is 6.44. The van der Waals surface area contributed by atoms with Crippen molar-refractivity contribution < 1.29 is 4.79 Å². The summed E-state index contributed by atoms with van der Waals surface area (Å²) in [5.74, 6) is -0.215. The first kappa shape index (κ1) is 12.4. The number of benzene rings is 1. The molecule has 0 aliphatic heterocycles. The summed E-state index contributed by atoms with van der Waals surface area (Å²) >= 11 is 0. The number of fused-ring (bicyclic) bond motifs is 1. The maximum atomic E-state index is 11.7. The van der Waals surface area contributed by atoms with Gasteiger partial charge < -0.3 is 9.88 Å². The second-order valence-corrected chi connectivity index (χ2v) is 4.61. The van der Waals surface area contributed by atoms with Crippen LogP contribution in [-0.4, -0.2) is 32.4 Å². The zero-order chi connectivity index (χ0) is 13.9. The van der Waals surface area contributed by atoms with Gasteiger partial charge in [0.1, 0.15) is 0 Å². The summed E-state index contributed by atoms with van der Waals surface area (Å²) < 4.78 is 2.19. The van der Waals surface area contributed by atoms with Crippen LogP contribution in [-0.2, 0) is 6.54 Å². The molecule has 20 heavy (non-hydrogen) atoms. The quantitative estimate of drug-likeness (QED) is 0.753. The largest absolute Gasteiger partial charge is 0.349 e. The molecule has 3 aromatic rings. The predicted molar refractivity (Wildman–Crippen MR) is 75.4 cm³/mol. The summed E-state index contributed by atoms with van der Waals surface area (Å²) in [5.41, 5.74) is 2.67. The number of hydrogen-bond acceptors (Lipinski definition) is 3. The summed E-state index contributed by atoms with van der Waals surface area (Å²) in [6, 6.07) is 10.4. The monoisotopic (exact) mass is 269 g/mol. The molecular weight excluding hydrogens is 254 g/mol. The Labute approximate surface area is 115 Å². The van der Waals surface area contributed by atoms with Crippen LogP contribution in [0.25, 0.3) is 10.9 Å². The first-order valence-corrected chi connectivity index (χ1v) is 6.44. The summed E-state index contributed by atoms with van der Waals surface area (Å²) in [7, 11) is 0. The Morgan fingerprint density at radius 3 is 3.05 bits per heavy atom. The van der Waals surface area contributed by atoms with Crippen molar-refractivity contribution in [1.29, 1.82) is 0 Å². The van der Waals surface area contributed by atoms with E-state index >= 15 is 0 Å². The maximum absolute atomic E-state index is 11.7. The third-order valence-corrected chi connectivity index (χ3v) is 3.29. The predicted octanol–water partition coefficient (Wildman–Crippen LogP) is 1.50. The van der Waals surface area contributed by atoms with Crippen molar-refractivity contribution >= 4 is 16.8 Å². The molecule has 0 unspecified atom stereocenters. The van der Waals surface area contributed by atoms with E-state index in [1.807, 2.05) is 12.1 Å². The Morgan fingerprint density at radius 2 is 2.25 bits per heavy atom.